The number of aliphatic hydroxyl groups is 4. The van der Waals surface area contributed by atoms with Crippen LogP contribution in [0.5, 0.6) is 17.2 Å². The summed E-state index contributed by atoms with van der Waals surface area (Å²) in [5.74, 6) is 4.47. The average Bonchev–Trinajstić information content (AvgIpc) is 3.98. The number of hydrogen-bond donors (Lipinski definition) is 10. The molecule has 2 aliphatic carbocycles. The number of β-amino-alcohol motifs (C(OH)–C–C–N with tert-alkyl or cyclic N) is 1. The fourth-order valence-corrected chi connectivity index (χ4v) is 13.9. The van der Waals surface area contributed by atoms with Crippen LogP contribution in [0.1, 0.15) is 122 Å². The molecule has 9 bridgehead atoms. The maximum Gasteiger partial charge on any atom is 0.173 e. The summed E-state index contributed by atoms with van der Waals surface area (Å²) >= 11 is 0. The second kappa shape index (κ2) is 27.0. The number of carbonyl (C=O) groups is 2. The van der Waals surface area contributed by atoms with Crippen LogP contribution in [0.2, 0.25) is 0 Å². The van der Waals surface area contributed by atoms with Crippen molar-refractivity contribution in [2.24, 2.45) is 35.5 Å². The molecule has 436 valence electrons. The molecule has 0 radical (unpaired) electrons. The molecule has 83 heavy (non-hydrogen) atoms. The summed E-state index contributed by atoms with van der Waals surface area (Å²) in [6, 6.07) is 33.6. The molecule has 3 heterocycles. The van der Waals surface area contributed by atoms with Crippen molar-refractivity contribution in [3.8, 4) is 29.1 Å². The Balaban J connectivity index is 1.13. The summed E-state index contributed by atoms with van der Waals surface area (Å²) in [7, 11) is 1.47. The number of carbonyl (C=O) groups excluding carboxylic acids is 2. The van der Waals surface area contributed by atoms with Gasteiger partial charge in [0, 0.05) is 80.3 Å². The van der Waals surface area contributed by atoms with Gasteiger partial charge in [0.25, 0.3) is 0 Å². The van der Waals surface area contributed by atoms with E-state index in [1.54, 1.807) is 12.1 Å². The van der Waals surface area contributed by atoms with Crippen molar-refractivity contribution in [1.82, 2.24) is 15.6 Å². The minimum atomic E-state index is -1.89. The number of hydrogen-bond acceptors (Lipinski definition) is 12. The van der Waals surface area contributed by atoms with E-state index in [0.29, 0.717) is 93.1 Å². The molecule has 13 nitrogen and oxygen atoms in total. The number of ether oxygens (including phenoxy) is 1. The highest BCUT2D eigenvalue weighted by atomic mass is 16.5. The van der Waals surface area contributed by atoms with Crippen molar-refractivity contribution >= 4 is 28.0 Å². The van der Waals surface area contributed by atoms with Gasteiger partial charge in [-0.05, 0) is 167 Å². The van der Waals surface area contributed by atoms with Crippen LogP contribution < -0.4 is 20.7 Å². The number of ketones is 2. The summed E-state index contributed by atoms with van der Waals surface area (Å²) in [4.78, 5) is 33.1. The minimum absolute atomic E-state index is 0.0339. The number of aromatic nitrogens is 1. The number of H-pyrrole nitrogens is 1. The Morgan fingerprint density at radius 1 is 0.795 bits per heavy atom. The maximum absolute atomic E-state index is 15.3. The number of nitrogens with one attached hydrogen (secondary N) is 4. The van der Waals surface area contributed by atoms with E-state index in [-0.39, 0.29) is 72.7 Å². The Bertz CT molecular complexity index is 3360. The van der Waals surface area contributed by atoms with Crippen LogP contribution in [0.15, 0.2) is 133 Å². The highest BCUT2D eigenvalue weighted by molar-refractivity contribution is 6.06. The number of allylic oxidation sites excluding steroid dienone is 2. The summed E-state index contributed by atoms with van der Waals surface area (Å²) in [5.41, 5.74) is 8.89. The first-order chi connectivity index (χ1) is 40.3. The highest BCUT2D eigenvalue weighted by Crippen LogP contribution is 2.48. The van der Waals surface area contributed by atoms with Crippen LogP contribution in [-0.4, -0.2) is 98.9 Å². The van der Waals surface area contributed by atoms with Gasteiger partial charge in [0.1, 0.15) is 11.6 Å². The molecule has 4 aliphatic rings. The van der Waals surface area contributed by atoms with E-state index in [9.17, 15) is 35.4 Å². The lowest BCUT2D eigenvalue weighted by Crippen LogP contribution is -2.40. The zero-order chi connectivity index (χ0) is 58.1. The number of phenolic OH excluding ortho intramolecular Hbond substituents is 2. The summed E-state index contributed by atoms with van der Waals surface area (Å²) in [6.45, 7) is 5.60. The van der Waals surface area contributed by atoms with Crippen molar-refractivity contribution in [2.45, 2.75) is 121 Å². The molecule has 1 saturated carbocycles. The quantitative estimate of drug-likeness (QED) is 0.0484. The van der Waals surface area contributed by atoms with Gasteiger partial charge in [-0.2, -0.15) is 0 Å². The predicted octanol–water partition coefficient (Wildman–Crippen LogP) is 9.91. The number of aryl methyl sites for hydroxylation is 1. The molecule has 11 atom stereocenters. The predicted molar refractivity (Wildman–Crippen MR) is 325 cm³/mol. The Kier molecular flexibility index (Phi) is 19.2. The van der Waals surface area contributed by atoms with Gasteiger partial charge in [0.2, 0.25) is 0 Å². The number of fused-ring (bicyclic) bond motifs is 9. The number of benzene rings is 5. The Morgan fingerprint density at radius 2 is 1.59 bits per heavy atom. The third kappa shape index (κ3) is 13.8. The van der Waals surface area contributed by atoms with E-state index in [2.05, 4.69) is 83.0 Å². The smallest absolute Gasteiger partial charge is 0.173 e. The van der Waals surface area contributed by atoms with Gasteiger partial charge in [-0.15, -0.1) is 0 Å². The molecular weight excluding hydrogens is 1040 g/mol. The standard InChI is InChI=1S/C70H82N4O9/c1-4-12-58-51-30-50(28-46-20-22-57(44-15-9-6-10-16-44)59-38-65(79)66(83-3)34-47(59)21-23-63(77)70(82)69(81)60(46)33-51)56(17-11-26-75)48-24-25-72-67(35-48)74-62-37-61-45(29-52(62)27-43-13-7-5-8-14-43)18-19-49(68(61)80)32-55(76)41-71-39-42(2)53-31-54(73-40-53)36-64(58)78/h5-10,13-16,18-19,24,29,31,34-35,37-38,40,42,46,50-51,55-58,60,64,70-76,78-80,82H,4,11-12,17,21,23,25-28,30,32-33,36,39,41H2,1-3H3/t42-,46-,50+,51-,55+,56-,57+,58+,60-,64-,70+/m1/s1. The molecule has 5 aromatic carbocycles. The van der Waals surface area contributed by atoms with Crippen LogP contribution in [-0.2, 0) is 35.3 Å². The van der Waals surface area contributed by atoms with E-state index >= 15 is 4.79 Å². The molecule has 13 heteroatoms. The fourth-order valence-electron chi connectivity index (χ4n) is 13.9. The molecule has 10 rings (SSSR count). The van der Waals surface area contributed by atoms with Gasteiger partial charge in [-0.3, -0.25) is 9.59 Å². The van der Waals surface area contributed by atoms with E-state index in [1.807, 2.05) is 72.9 Å². The zero-order valence-electron chi connectivity index (χ0n) is 48.1. The van der Waals surface area contributed by atoms with Crippen LogP contribution >= 0.6 is 0 Å². The number of aromatic amines is 1. The lowest BCUT2D eigenvalue weighted by molar-refractivity contribution is -0.142. The number of Topliss-reactive ketones (excluding diaryl/α,β-unsaturated/α-hetero) is 2. The van der Waals surface area contributed by atoms with Crippen molar-refractivity contribution in [2.75, 3.05) is 38.7 Å². The number of anilines is 1. The monoisotopic (exact) mass is 1120 g/mol. The average molecular weight is 1120 g/mol. The van der Waals surface area contributed by atoms with Crippen molar-refractivity contribution in [3.63, 3.8) is 0 Å². The fraction of sp³-hybridized carbons (Fsp3) is 0.429. The number of aliphatic hydroxyl groups excluding tert-OH is 4. The molecule has 0 amide bonds. The first-order valence-electron chi connectivity index (χ1n) is 30.1. The summed E-state index contributed by atoms with van der Waals surface area (Å²) in [5, 5.41) is 82.4. The van der Waals surface area contributed by atoms with Crippen molar-refractivity contribution in [1.29, 1.82) is 0 Å². The number of phenols is 2. The normalized spacial score (nSPS) is 26.4. The van der Waals surface area contributed by atoms with E-state index in [0.717, 1.165) is 56.8 Å². The number of dihydropyridines is 1. The second-order valence-corrected chi connectivity index (χ2v) is 23.9. The van der Waals surface area contributed by atoms with Gasteiger partial charge in [0.15, 0.2) is 29.2 Å². The van der Waals surface area contributed by atoms with Crippen molar-refractivity contribution < 1.29 is 45.0 Å². The molecule has 10 N–H and O–H groups in total. The van der Waals surface area contributed by atoms with E-state index < -0.39 is 47.6 Å². The Hall–Kier alpha value is -7.18. The largest absolute Gasteiger partial charge is 0.507 e. The van der Waals surface area contributed by atoms with Gasteiger partial charge in [0.05, 0.1) is 25.2 Å². The van der Waals surface area contributed by atoms with Gasteiger partial charge < -0.3 is 56.3 Å². The van der Waals surface area contributed by atoms with E-state index in [4.69, 9.17) is 4.74 Å². The summed E-state index contributed by atoms with van der Waals surface area (Å²) < 4.78 is 5.55. The molecule has 0 saturated heterocycles. The second-order valence-electron chi connectivity index (χ2n) is 23.9. The lowest BCUT2D eigenvalue weighted by Gasteiger charge is -2.36. The lowest BCUT2D eigenvalue weighted by atomic mass is 9.71. The molecule has 2 aliphatic heterocycles. The Morgan fingerprint density at radius 3 is 2.36 bits per heavy atom. The molecule has 6 aromatic rings. The van der Waals surface area contributed by atoms with Crippen LogP contribution in [0.25, 0.3) is 10.8 Å². The van der Waals surface area contributed by atoms with Crippen LogP contribution in [0.4, 0.5) is 5.69 Å². The first-order valence-corrected chi connectivity index (χ1v) is 30.1. The van der Waals surface area contributed by atoms with Gasteiger partial charge >= 0.3 is 0 Å². The SMILES string of the molecule is CCC[C@H]1[C@@H]2C[C@H](C[C@H]3C#C[C@@H](c4ccccc4)c4cc(O)c(OC)cc4CCC(=O)[C@H](O)C(=O)[C@@H]3C2)[C@H](CCCO)C2=CCNC(=C2)Nc2cc3c(O)c(ccc3cc2Cc2ccccc2)C[C@H](O)CNC[C@@H](C)c2c[nH]c(c2)C[C@H]1O. The Labute approximate surface area is 488 Å². The minimum Gasteiger partial charge on any atom is -0.507 e. The van der Waals surface area contributed by atoms with Crippen LogP contribution in [0.3, 0.4) is 0 Å². The number of aromatic hydroxyl groups is 2. The molecule has 0 unspecified atom stereocenters. The van der Waals surface area contributed by atoms with Gasteiger partial charge in [-0.25, -0.2) is 0 Å². The van der Waals surface area contributed by atoms with Crippen LogP contribution in [0, 0.1) is 47.3 Å². The third-order valence-electron chi connectivity index (χ3n) is 18.3. The highest BCUT2D eigenvalue weighted by Gasteiger charge is 2.45. The molecule has 1 fully saturated rings. The zero-order valence-corrected chi connectivity index (χ0v) is 48.1. The van der Waals surface area contributed by atoms with E-state index in [1.165, 1.54) is 7.11 Å². The number of methoxy groups -OCH3 is 1. The number of rotatable bonds is 9. The van der Waals surface area contributed by atoms with Crippen molar-refractivity contribution in [3.05, 3.63) is 178 Å². The summed E-state index contributed by atoms with van der Waals surface area (Å²) in [6.07, 6.45) is 8.04. The topological polar surface area (TPSA) is 217 Å². The molecule has 0 spiro atoms. The third-order valence-corrected chi connectivity index (χ3v) is 18.3. The molecule has 1 aromatic heterocycles. The first kappa shape index (κ1) is 59.0. The van der Waals surface area contributed by atoms with Gasteiger partial charge in [-0.1, -0.05) is 111 Å². The molecular formula is C70H82N4O9. The maximum atomic E-state index is 15.3.